The molecule has 0 bridgehead atoms. The Morgan fingerprint density at radius 3 is 3.00 bits per heavy atom. The lowest BCUT2D eigenvalue weighted by molar-refractivity contribution is 0.683. The van der Waals surface area contributed by atoms with Crippen LogP contribution in [0.1, 0.15) is 24.8 Å². The minimum absolute atomic E-state index is 0.770. The van der Waals surface area contributed by atoms with Gasteiger partial charge in [-0.25, -0.2) is 0 Å². The third-order valence-corrected chi connectivity index (χ3v) is 5.30. The topological polar surface area (TPSA) is 15.3 Å². The fourth-order valence-electron chi connectivity index (χ4n) is 2.53. The number of nitrogens with zero attached hydrogens (tertiary/aromatic N) is 1. The molecule has 19 heavy (non-hydrogen) atoms. The first-order chi connectivity index (χ1) is 9.33. The Morgan fingerprint density at radius 2 is 2.16 bits per heavy atom. The zero-order chi connectivity index (χ0) is 13.1. The van der Waals surface area contributed by atoms with Crippen LogP contribution in [-0.2, 0) is 6.54 Å². The van der Waals surface area contributed by atoms with Gasteiger partial charge >= 0.3 is 0 Å². The van der Waals surface area contributed by atoms with Gasteiger partial charge in [0.2, 0.25) is 0 Å². The lowest BCUT2D eigenvalue weighted by atomic mass is 10.1. The van der Waals surface area contributed by atoms with Crippen molar-refractivity contribution in [2.45, 2.75) is 31.8 Å². The summed E-state index contributed by atoms with van der Waals surface area (Å²) in [6.45, 7) is 3.39. The summed E-state index contributed by atoms with van der Waals surface area (Å²) < 4.78 is 1.19. The van der Waals surface area contributed by atoms with Gasteiger partial charge in [0.1, 0.15) is 0 Å². The summed E-state index contributed by atoms with van der Waals surface area (Å²) in [5.74, 6) is 2.56. The number of hydrogen-bond acceptors (Lipinski definition) is 3. The van der Waals surface area contributed by atoms with E-state index in [-0.39, 0.29) is 0 Å². The second-order valence-corrected chi connectivity index (χ2v) is 7.52. The van der Waals surface area contributed by atoms with Gasteiger partial charge in [-0.2, -0.15) is 11.8 Å². The Kier molecular flexibility index (Phi) is 4.72. The van der Waals surface area contributed by atoms with Gasteiger partial charge in [-0.3, -0.25) is 0 Å². The number of anilines is 1. The van der Waals surface area contributed by atoms with Crippen LogP contribution >= 0.6 is 27.7 Å². The molecule has 1 aromatic carbocycles. The molecule has 1 aliphatic carbocycles. The van der Waals surface area contributed by atoms with Crippen molar-refractivity contribution in [3.8, 4) is 0 Å². The molecule has 2 aliphatic rings. The van der Waals surface area contributed by atoms with E-state index in [1.807, 2.05) is 0 Å². The van der Waals surface area contributed by atoms with Crippen molar-refractivity contribution in [1.29, 1.82) is 0 Å². The maximum absolute atomic E-state index is 3.64. The summed E-state index contributed by atoms with van der Waals surface area (Å²) in [6.07, 6.45) is 4.00. The van der Waals surface area contributed by atoms with E-state index in [2.05, 4.69) is 56.1 Å². The van der Waals surface area contributed by atoms with Gasteiger partial charge in [-0.05, 0) is 48.8 Å². The molecule has 3 rings (SSSR count). The fourth-order valence-corrected chi connectivity index (χ4v) is 3.83. The van der Waals surface area contributed by atoms with Crippen molar-refractivity contribution in [1.82, 2.24) is 5.32 Å². The summed E-state index contributed by atoms with van der Waals surface area (Å²) in [5.41, 5.74) is 2.87. The largest absolute Gasteiger partial charge is 0.370 e. The molecule has 104 valence electrons. The molecule has 0 amide bonds. The third-order valence-electron chi connectivity index (χ3n) is 3.76. The van der Waals surface area contributed by atoms with Gasteiger partial charge in [-0.1, -0.05) is 15.9 Å². The van der Waals surface area contributed by atoms with Crippen LogP contribution in [0.3, 0.4) is 0 Å². The molecule has 0 spiro atoms. The maximum atomic E-state index is 3.64. The Hall–Kier alpha value is -0.190. The predicted molar refractivity (Wildman–Crippen MR) is 88.2 cm³/mol. The predicted octanol–water partition coefficient (Wildman–Crippen LogP) is 3.64. The highest BCUT2D eigenvalue weighted by atomic mass is 79.9. The zero-order valence-corrected chi connectivity index (χ0v) is 13.6. The van der Waals surface area contributed by atoms with E-state index >= 15 is 0 Å². The van der Waals surface area contributed by atoms with Gasteiger partial charge in [0.25, 0.3) is 0 Å². The van der Waals surface area contributed by atoms with E-state index in [1.54, 1.807) is 0 Å². The smallest absolute Gasteiger partial charge is 0.0412 e. The fraction of sp³-hybridized carbons (Fsp3) is 0.600. The summed E-state index contributed by atoms with van der Waals surface area (Å²) >= 11 is 5.69. The molecule has 2 fully saturated rings. The second kappa shape index (κ2) is 6.51. The highest BCUT2D eigenvalue weighted by Gasteiger charge is 2.21. The Balaban J connectivity index is 1.76. The maximum Gasteiger partial charge on any atom is 0.0412 e. The molecule has 0 unspecified atom stereocenters. The van der Waals surface area contributed by atoms with Crippen LogP contribution in [0, 0.1) is 0 Å². The molecule has 1 aliphatic heterocycles. The number of thioether (sulfide) groups is 1. The zero-order valence-electron chi connectivity index (χ0n) is 11.2. The highest BCUT2D eigenvalue weighted by molar-refractivity contribution is 9.10. The SMILES string of the molecule is Brc1ccc(N2CCCSCC2)c(CNC2CC2)c1. The van der Waals surface area contributed by atoms with Gasteiger partial charge in [-0.15, -0.1) is 0 Å². The molecule has 1 N–H and O–H groups in total. The molecule has 2 nitrogen and oxygen atoms in total. The molecule has 0 atom stereocenters. The van der Waals surface area contributed by atoms with Crippen LogP contribution < -0.4 is 10.2 Å². The number of hydrogen-bond donors (Lipinski definition) is 1. The van der Waals surface area contributed by atoms with Crippen LogP contribution in [0.25, 0.3) is 0 Å². The van der Waals surface area contributed by atoms with E-state index in [9.17, 15) is 0 Å². The second-order valence-electron chi connectivity index (χ2n) is 5.38. The average molecular weight is 341 g/mol. The van der Waals surface area contributed by atoms with E-state index in [0.29, 0.717) is 0 Å². The monoisotopic (exact) mass is 340 g/mol. The molecule has 4 heteroatoms. The Morgan fingerprint density at radius 1 is 1.26 bits per heavy atom. The normalized spacial score (nSPS) is 20.4. The van der Waals surface area contributed by atoms with Gasteiger partial charge in [0.15, 0.2) is 0 Å². The summed E-state index contributed by atoms with van der Waals surface area (Å²) in [4.78, 5) is 2.57. The van der Waals surface area contributed by atoms with E-state index in [4.69, 9.17) is 0 Å². The molecule has 0 radical (unpaired) electrons. The number of rotatable bonds is 4. The van der Waals surface area contributed by atoms with Crippen LogP contribution in [0.4, 0.5) is 5.69 Å². The first-order valence-corrected chi connectivity index (χ1v) is 9.12. The summed E-state index contributed by atoms with van der Waals surface area (Å²) in [6, 6.07) is 7.51. The number of nitrogens with one attached hydrogen (secondary N) is 1. The van der Waals surface area contributed by atoms with Crippen LogP contribution in [0.2, 0.25) is 0 Å². The minimum atomic E-state index is 0.770. The standard InChI is InChI=1S/C15H21BrN2S/c16-13-2-5-15(18-6-1-8-19-9-7-18)12(10-13)11-17-14-3-4-14/h2,5,10,14,17H,1,3-4,6-9,11H2. The van der Waals surface area contributed by atoms with Crippen molar-refractivity contribution in [3.63, 3.8) is 0 Å². The van der Waals surface area contributed by atoms with Gasteiger partial charge in [0, 0.05) is 41.6 Å². The van der Waals surface area contributed by atoms with Crippen molar-refractivity contribution < 1.29 is 0 Å². The minimum Gasteiger partial charge on any atom is -0.370 e. The molecule has 1 aromatic rings. The molecule has 1 saturated heterocycles. The van der Waals surface area contributed by atoms with Crippen molar-refractivity contribution in [3.05, 3.63) is 28.2 Å². The van der Waals surface area contributed by atoms with Crippen molar-refractivity contribution in [2.24, 2.45) is 0 Å². The summed E-state index contributed by atoms with van der Waals surface area (Å²) in [5, 5.41) is 3.64. The third kappa shape index (κ3) is 3.89. The van der Waals surface area contributed by atoms with E-state index < -0.39 is 0 Å². The van der Waals surface area contributed by atoms with Gasteiger partial charge in [0.05, 0.1) is 0 Å². The highest BCUT2D eigenvalue weighted by Crippen LogP contribution is 2.28. The number of halogens is 1. The van der Waals surface area contributed by atoms with Crippen molar-refractivity contribution in [2.75, 3.05) is 29.5 Å². The van der Waals surface area contributed by atoms with Crippen LogP contribution in [0.5, 0.6) is 0 Å². The Bertz CT molecular complexity index is 426. The quantitative estimate of drug-likeness (QED) is 0.900. The van der Waals surface area contributed by atoms with Crippen molar-refractivity contribution >= 4 is 33.4 Å². The van der Waals surface area contributed by atoms with Gasteiger partial charge < -0.3 is 10.2 Å². The molecular weight excluding hydrogens is 320 g/mol. The average Bonchev–Trinajstić information content (AvgIpc) is 3.24. The van der Waals surface area contributed by atoms with Crippen LogP contribution in [-0.4, -0.2) is 30.6 Å². The summed E-state index contributed by atoms with van der Waals surface area (Å²) in [7, 11) is 0. The van der Waals surface area contributed by atoms with E-state index in [0.717, 1.165) is 12.6 Å². The first-order valence-electron chi connectivity index (χ1n) is 7.17. The first kappa shape index (κ1) is 13.8. The molecule has 0 aromatic heterocycles. The molecule has 1 saturated carbocycles. The lowest BCUT2D eigenvalue weighted by Gasteiger charge is -2.25. The Labute approximate surface area is 128 Å². The molecule has 1 heterocycles. The number of benzene rings is 1. The van der Waals surface area contributed by atoms with Crippen LogP contribution in [0.15, 0.2) is 22.7 Å². The van der Waals surface area contributed by atoms with E-state index in [1.165, 1.54) is 59.6 Å². The molecular formula is C15H21BrN2S. The lowest BCUT2D eigenvalue weighted by Crippen LogP contribution is -2.27.